The van der Waals surface area contributed by atoms with Crippen molar-refractivity contribution in [3.05, 3.63) is 52.5 Å². The van der Waals surface area contributed by atoms with Crippen molar-refractivity contribution in [3.63, 3.8) is 0 Å². The second-order valence-electron chi connectivity index (χ2n) is 5.26. The third-order valence-corrected chi connectivity index (χ3v) is 3.86. The van der Waals surface area contributed by atoms with Crippen molar-refractivity contribution in [1.29, 1.82) is 0 Å². The number of aryl methyl sites for hydroxylation is 1. The molecular weight excluding hydrogens is 286 g/mol. The summed E-state index contributed by atoms with van der Waals surface area (Å²) in [5.41, 5.74) is 3.32. The highest BCUT2D eigenvalue weighted by Crippen LogP contribution is 2.39. The van der Waals surface area contributed by atoms with Gasteiger partial charge in [-0.3, -0.25) is 0 Å². The number of nitrogens with one attached hydrogen (secondary N) is 1. The minimum atomic E-state index is 0.157. The molecule has 0 aromatic heterocycles. The molecule has 1 heterocycles. The fourth-order valence-corrected chi connectivity index (χ4v) is 2.64. The number of fused-ring (bicyclic) bond motifs is 1. The molecule has 1 unspecified atom stereocenters. The average molecular weight is 304 g/mol. The summed E-state index contributed by atoms with van der Waals surface area (Å²) in [6.45, 7) is 5.34. The van der Waals surface area contributed by atoms with E-state index in [1.807, 2.05) is 6.07 Å². The van der Waals surface area contributed by atoms with Crippen molar-refractivity contribution in [2.75, 3.05) is 18.5 Å². The molecule has 1 atom stereocenters. The predicted molar refractivity (Wildman–Crippen MR) is 85.7 cm³/mol. The monoisotopic (exact) mass is 303 g/mol. The van der Waals surface area contributed by atoms with Gasteiger partial charge in [-0.1, -0.05) is 41.4 Å². The summed E-state index contributed by atoms with van der Waals surface area (Å²) in [6, 6.07) is 12.3. The zero-order chi connectivity index (χ0) is 14.8. The second-order valence-corrected chi connectivity index (χ2v) is 5.66. The van der Waals surface area contributed by atoms with E-state index in [0.29, 0.717) is 24.0 Å². The number of hydrogen-bond donors (Lipinski definition) is 1. The van der Waals surface area contributed by atoms with Crippen LogP contribution in [0.3, 0.4) is 0 Å². The van der Waals surface area contributed by atoms with Crippen LogP contribution in [0.1, 0.15) is 24.1 Å². The average Bonchev–Trinajstić information content (AvgIpc) is 2.48. The Morgan fingerprint density at radius 3 is 2.52 bits per heavy atom. The van der Waals surface area contributed by atoms with Crippen LogP contribution in [0.25, 0.3) is 0 Å². The first-order valence-corrected chi connectivity index (χ1v) is 7.43. The summed E-state index contributed by atoms with van der Waals surface area (Å²) in [7, 11) is 0. The zero-order valence-corrected chi connectivity index (χ0v) is 12.9. The van der Waals surface area contributed by atoms with E-state index < -0.39 is 0 Å². The van der Waals surface area contributed by atoms with E-state index in [1.54, 1.807) is 6.07 Å². The van der Waals surface area contributed by atoms with Gasteiger partial charge in [-0.2, -0.15) is 0 Å². The SMILES string of the molecule is Cc1cccc(C(C)Nc2cc3c(cc2Cl)OCCO3)c1. The molecule has 0 amide bonds. The Morgan fingerprint density at radius 2 is 1.81 bits per heavy atom. The molecule has 110 valence electrons. The summed E-state index contributed by atoms with van der Waals surface area (Å²) in [5, 5.41) is 4.07. The van der Waals surface area contributed by atoms with Gasteiger partial charge >= 0.3 is 0 Å². The molecule has 1 aliphatic rings. The summed E-state index contributed by atoms with van der Waals surface area (Å²) in [6.07, 6.45) is 0. The lowest BCUT2D eigenvalue weighted by molar-refractivity contribution is 0.171. The minimum Gasteiger partial charge on any atom is -0.486 e. The van der Waals surface area contributed by atoms with Crippen molar-refractivity contribution in [2.24, 2.45) is 0 Å². The Kier molecular flexibility index (Phi) is 3.93. The topological polar surface area (TPSA) is 30.5 Å². The maximum atomic E-state index is 6.33. The number of benzene rings is 2. The van der Waals surface area contributed by atoms with Crippen molar-refractivity contribution in [2.45, 2.75) is 19.9 Å². The Bertz CT molecular complexity index is 657. The molecule has 4 heteroatoms. The Hall–Kier alpha value is -1.87. The fourth-order valence-electron chi connectivity index (χ4n) is 2.43. The Balaban J connectivity index is 1.84. The summed E-state index contributed by atoms with van der Waals surface area (Å²) in [5.74, 6) is 1.45. The fraction of sp³-hybridized carbons (Fsp3) is 0.294. The van der Waals surface area contributed by atoms with Crippen molar-refractivity contribution in [3.8, 4) is 11.5 Å². The van der Waals surface area contributed by atoms with Crippen LogP contribution < -0.4 is 14.8 Å². The van der Waals surface area contributed by atoms with Crippen LogP contribution in [0.2, 0.25) is 5.02 Å². The lowest BCUT2D eigenvalue weighted by atomic mass is 10.1. The third-order valence-electron chi connectivity index (χ3n) is 3.55. The molecule has 2 aromatic carbocycles. The summed E-state index contributed by atoms with van der Waals surface area (Å²) in [4.78, 5) is 0. The van der Waals surface area contributed by atoms with Crippen LogP contribution in [0.4, 0.5) is 5.69 Å². The highest BCUT2D eigenvalue weighted by Gasteiger charge is 2.16. The molecule has 3 rings (SSSR count). The van der Waals surface area contributed by atoms with Gasteiger partial charge in [0.15, 0.2) is 11.5 Å². The van der Waals surface area contributed by atoms with Gasteiger partial charge < -0.3 is 14.8 Å². The van der Waals surface area contributed by atoms with Crippen molar-refractivity contribution in [1.82, 2.24) is 0 Å². The highest BCUT2D eigenvalue weighted by atomic mass is 35.5. The second kappa shape index (κ2) is 5.86. The van der Waals surface area contributed by atoms with Gasteiger partial charge in [-0.05, 0) is 19.4 Å². The molecule has 3 nitrogen and oxygen atoms in total. The van der Waals surface area contributed by atoms with Crippen LogP contribution in [-0.4, -0.2) is 13.2 Å². The normalized spacial score (nSPS) is 14.6. The first-order valence-electron chi connectivity index (χ1n) is 7.06. The number of anilines is 1. The van der Waals surface area contributed by atoms with Crippen LogP contribution >= 0.6 is 11.6 Å². The van der Waals surface area contributed by atoms with E-state index in [2.05, 4.69) is 43.4 Å². The van der Waals surface area contributed by atoms with E-state index in [-0.39, 0.29) is 6.04 Å². The van der Waals surface area contributed by atoms with E-state index in [9.17, 15) is 0 Å². The minimum absolute atomic E-state index is 0.157. The van der Waals surface area contributed by atoms with Gasteiger partial charge in [0.05, 0.1) is 10.7 Å². The lowest BCUT2D eigenvalue weighted by Gasteiger charge is -2.22. The Labute approximate surface area is 129 Å². The number of rotatable bonds is 3. The van der Waals surface area contributed by atoms with Crippen LogP contribution in [-0.2, 0) is 0 Å². The standard InChI is InChI=1S/C17H18ClNO2/c1-11-4-3-5-13(8-11)12(2)19-15-10-17-16(9-14(15)18)20-6-7-21-17/h3-5,8-10,12,19H,6-7H2,1-2H3. The van der Waals surface area contributed by atoms with Gasteiger partial charge in [0.25, 0.3) is 0 Å². The zero-order valence-electron chi connectivity index (χ0n) is 12.2. The molecule has 0 radical (unpaired) electrons. The molecule has 0 fully saturated rings. The molecule has 0 bridgehead atoms. The van der Waals surface area contributed by atoms with Gasteiger partial charge in [-0.15, -0.1) is 0 Å². The summed E-state index contributed by atoms with van der Waals surface area (Å²) >= 11 is 6.33. The first kappa shape index (κ1) is 14.1. The quantitative estimate of drug-likeness (QED) is 0.899. The third kappa shape index (κ3) is 3.08. The first-order chi connectivity index (χ1) is 10.1. The van der Waals surface area contributed by atoms with Crippen LogP contribution in [0.15, 0.2) is 36.4 Å². The molecule has 2 aromatic rings. The van der Waals surface area contributed by atoms with E-state index in [4.69, 9.17) is 21.1 Å². The largest absolute Gasteiger partial charge is 0.486 e. The molecule has 0 saturated carbocycles. The molecule has 0 aliphatic carbocycles. The van der Waals surface area contributed by atoms with Gasteiger partial charge in [0.1, 0.15) is 13.2 Å². The molecule has 0 spiro atoms. The van der Waals surface area contributed by atoms with Crippen LogP contribution in [0.5, 0.6) is 11.5 Å². The Morgan fingerprint density at radius 1 is 1.10 bits per heavy atom. The number of ether oxygens (including phenoxy) is 2. The van der Waals surface area contributed by atoms with Gasteiger partial charge in [0.2, 0.25) is 0 Å². The van der Waals surface area contributed by atoms with Crippen molar-refractivity contribution < 1.29 is 9.47 Å². The van der Waals surface area contributed by atoms with E-state index in [1.165, 1.54) is 11.1 Å². The molecule has 1 aliphatic heterocycles. The number of halogens is 1. The predicted octanol–water partition coefficient (Wildman–Crippen LogP) is 4.59. The highest BCUT2D eigenvalue weighted by molar-refractivity contribution is 6.33. The molecular formula is C17H18ClNO2. The van der Waals surface area contributed by atoms with E-state index >= 15 is 0 Å². The van der Waals surface area contributed by atoms with Gasteiger partial charge in [-0.25, -0.2) is 0 Å². The molecule has 1 N–H and O–H groups in total. The van der Waals surface area contributed by atoms with Gasteiger partial charge in [0, 0.05) is 18.2 Å². The molecule has 0 saturated heterocycles. The smallest absolute Gasteiger partial charge is 0.163 e. The maximum absolute atomic E-state index is 6.33. The maximum Gasteiger partial charge on any atom is 0.163 e. The lowest BCUT2D eigenvalue weighted by Crippen LogP contribution is -2.16. The summed E-state index contributed by atoms with van der Waals surface area (Å²) < 4.78 is 11.1. The van der Waals surface area contributed by atoms with E-state index in [0.717, 1.165) is 11.4 Å². The van der Waals surface area contributed by atoms with Crippen molar-refractivity contribution >= 4 is 17.3 Å². The van der Waals surface area contributed by atoms with Crippen LogP contribution in [0, 0.1) is 6.92 Å². The molecule has 21 heavy (non-hydrogen) atoms. The number of hydrogen-bond acceptors (Lipinski definition) is 3.